The molecule has 2 N–H and O–H groups in total. The zero-order valence-corrected chi connectivity index (χ0v) is 10.4. The molecule has 1 unspecified atom stereocenters. The van der Waals surface area contributed by atoms with Crippen molar-refractivity contribution in [2.75, 3.05) is 27.2 Å². The number of aromatic nitrogens is 2. The number of likely N-dealkylation sites (N-methyl/N-ethyl adjacent to an activating group) is 1. The maximum absolute atomic E-state index is 5.84. The fraction of sp³-hybridized carbons (Fsp3) is 0.727. The average molecular weight is 210 g/mol. The van der Waals surface area contributed by atoms with E-state index in [2.05, 4.69) is 37.9 Å². The highest BCUT2D eigenvalue weighted by Gasteiger charge is 2.19. The number of aryl methyl sites for hydroxylation is 2. The lowest BCUT2D eigenvalue weighted by molar-refractivity contribution is 0.374. The van der Waals surface area contributed by atoms with E-state index in [0.29, 0.717) is 12.5 Å². The van der Waals surface area contributed by atoms with Crippen molar-refractivity contribution in [2.24, 2.45) is 12.8 Å². The van der Waals surface area contributed by atoms with Gasteiger partial charge in [0.2, 0.25) is 0 Å². The van der Waals surface area contributed by atoms with Crippen molar-refractivity contribution >= 4 is 0 Å². The van der Waals surface area contributed by atoms with Gasteiger partial charge in [-0.2, -0.15) is 5.10 Å². The lowest BCUT2D eigenvalue weighted by Gasteiger charge is -2.20. The summed E-state index contributed by atoms with van der Waals surface area (Å²) in [5.74, 6) is 0.383. The summed E-state index contributed by atoms with van der Waals surface area (Å²) < 4.78 is 1.93. The predicted octanol–water partition coefficient (Wildman–Crippen LogP) is 0.641. The van der Waals surface area contributed by atoms with Crippen LogP contribution in [0.5, 0.6) is 0 Å². The van der Waals surface area contributed by atoms with E-state index in [4.69, 9.17) is 5.73 Å². The van der Waals surface area contributed by atoms with Crippen molar-refractivity contribution < 1.29 is 0 Å². The number of nitrogens with zero attached hydrogens (tertiary/aromatic N) is 3. The number of rotatable bonds is 4. The van der Waals surface area contributed by atoms with E-state index in [-0.39, 0.29) is 0 Å². The summed E-state index contributed by atoms with van der Waals surface area (Å²) in [4.78, 5) is 2.17. The van der Waals surface area contributed by atoms with E-state index in [9.17, 15) is 0 Å². The maximum atomic E-state index is 5.84. The summed E-state index contributed by atoms with van der Waals surface area (Å²) in [6.45, 7) is 5.81. The number of nitrogens with two attached hydrogens (primary N) is 1. The van der Waals surface area contributed by atoms with Crippen LogP contribution in [0.1, 0.15) is 22.9 Å². The second-order valence-corrected chi connectivity index (χ2v) is 4.40. The fourth-order valence-electron chi connectivity index (χ4n) is 2.11. The molecule has 15 heavy (non-hydrogen) atoms. The highest BCUT2D eigenvalue weighted by atomic mass is 15.3. The molecule has 0 aliphatic heterocycles. The molecule has 0 bridgehead atoms. The van der Waals surface area contributed by atoms with Crippen LogP contribution >= 0.6 is 0 Å². The second kappa shape index (κ2) is 4.77. The molecule has 0 radical (unpaired) electrons. The van der Waals surface area contributed by atoms with E-state index in [1.807, 2.05) is 11.7 Å². The highest BCUT2D eigenvalue weighted by molar-refractivity contribution is 5.29. The van der Waals surface area contributed by atoms with Crippen molar-refractivity contribution in [3.8, 4) is 0 Å². The minimum atomic E-state index is 0.383. The largest absolute Gasteiger partial charge is 0.330 e. The molecular formula is C11H22N4. The van der Waals surface area contributed by atoms with Crippen LogP contribution in [-0.4, -0.2) is 41.9 Å². The molecule has 86 valence electrons. The van der Waals surface area contributed by atoms with E-state index >= 15 is 0 Å². The third kappa shape index (κ3) is 2.58. The van der Waals surface area contributed by atoms with Gasteiger partial charge in [0, 0.05) is 37.3 Å². The Morgan fingerprint density at radius 3 is 2.33 bits per heavy atom. The molecule has 0 saturated carbocycles. The Morgan fingerprint density at radius 1 is 1.40 bits per heavy atom. The first-order chi connectivity index (χ1) is 6.97. The third-order valence-corrected chi connectivity index (χ3v) is 2.84. The Morgan fingerprint density at radius 2 is 2.00 bits per heavy atom. The van der Waals surface area contributed by atoms with Crippen molar-refractivity contribution in [2.45, 2.75) is 19.8 Å². The van der Waals surface area contributed by atoms with Crippen LogP contribution in [0.3, 0.4) is 0 Å². The van der Waals surface area contributed by atoms with Gasteiger partial charge in [-0.3, -0.25) is 4.68 Å². The van der Waals surface area contributed by atoms with E-state index in [0.717, 1.165) is 12.2 Å². The Balaban J connectivity index is 3.00. The highest BCUT2D eigenvalue weighted by Crippen LogP contribution is 2.22. The molecular weight excluding hydrogens is 188 g/mol. The smallest absolute Gasteiger partial charge is 0.0632 e. The molecule has 1 aromatic heterocycles. The van der Waals surface area contributed by atoms with Gasteiger partial charge in [-0.25, -0.2) is 0 Å². The minimum absolute atomic E-state index is 0.383. The zero-order valence-electron chi connectivity index (χ0n) is 10.4. The van der Waals surface area contributed by atoms with Gasteiger partial charge in [0.1, 0.15) is 0 Å². The lowest BCUT2D eigenvalue weighted by Crippen LogP contribution is -2.26. The molecule has 1 atom stereocenters. The lowest BCUT2D eigenvalue weighted by atomic mass is 9.97. The SMILES string of the molecule is Cc1nn(C)c(C)c1C(CN)CN(C)C. The summed E-state index contributed by atoms with van der Waals surface area (Å²) in [6, 6.07) is 0. The second-order valence-electron chi connectivity index (χ2n) is 4.40. The van der Waals surface area contributed by atoms with Crippen LogP contribution in [0.2, 0.25) is 0 Å². The van der Waals surface area contributed by atoms with Crippen LogP contribution in [0.4, 0.5) is 0 Å². The van der Waals surface area contributed by atoms with Crippen LogP contribution in [-0.2, 0) is 7.05 Å². The van der Waals surface area contributed by atoms with Gasteiger partial charge in [-0.15, -0.1) is 0 Å². The zero-order chi connectivity index (χ0) is 11.6. The van der Waals surface area contributed by atoms with Gasteiger partial charge in [-0.05, 0) is 27.9 Å². The molecule has 0 aromatic carbocycles. The molecule has 0 aliphatic rings. The first-order valence-electron chi connectivity index (χ1n) is 5.32. The van der Waals surface area contributed by atoms with Gasteiger partial charge in [0.15, 0.2) is 0 Å². The minimum Gasteiger partial charge on any atom is -0.330 e. The predicted molar refractivity (Wildman–Crippen MR) is 63.0 cm³/mol. The van der Waals surface area contributed by atoms with Gasteiger partial charge in [0.25, 0.3) is 0 Å². The summed E-state index contributed by atoms with van der Waals surface area (Å²) in [6.07, 6.45) is 0. The van der Waals surface area contributed by atoms with E-state index in [1.54, 1.807) is 0 Å². The van der Waals surface area contributed by atoms with Gasteiger partial charge in [-0.1, -0.05) is 0 Å². The molecule has 0 fully saturated rings. The van der Waals surface area contributed by atoms with Crippen molar-refractivity contribution in [1.29, 1.82) is 0 Å². The van der Waals surface area contributed by atoms with Crippen molar-refractivity contribution in [3.05, 3.63) is 17.0 Å². The van der Waals surface area contributed by atoms with Crippen LogP contribution in [0.25, 0.3) is 0 Å². The normalized spacial score (nSPS) is 13.5. The number of hydrogen-bond donors (Lipinski definition) is 1. The average Bonchev–Trinajstić information content (AvgIpc) is 2.38. The van der Waals surface area contributed by atoms with Crippen molar-refractivity contribution in [3.63, 3.8) is 0 Å². The quantitative estimate of drug-likeness (QED) is 0.793. The topological polar surface area (TPSA) is 47.1 Å². The Hall–Kier alpha value is -0.870. The molecule has 0 amide bonds. The Labute approximate surface area is 92.1 Å². The third-order valence-electron chi connectivity index (χ3n) is 2.84. The summed E-state index contributed by atoms with van der Waals surface area (Å²) in [7, 11) is 6.13. The number of hydrogen-bond acceptors (Lipinski definition) is 3. The molecule has 0 aliphatic carbocycles. The monoisotopic (exact) mass is 210 g/mol. The molecule has 1 aromatic rings. The first-order valence-corrected chi connectivity index (χ1v) is 5.32. The molecule has 4 heteroatoms. The van der Waals surface area contributed by atoms with Gasteiger partial charge < -0.3 is 10.6 Å². The summed E-state index contributed by atoms with van der Waals surface area (Å²) in [5, 5.41) is 4.43. The summed E-state index contributed by atoms with van der Waals surface area (Å²) in [5.41, 5.74) is 9.48. The Bertz CT molecular complexity index is 328. The van der Waals surface area contributed by atoms with Crippen LogP contribution < -0.4 is 5.73 Å². The molecule has 0 spiro atoms. The van der Waals surface area contributed by atoms with Crippen LogP contribution in [0.15, 0.2) is 0 Å². The molecule has 4 nitrogen and oxygen atoms in total. The standard InChI is InChI=1S/C11H22N4/c1-8-11(9(2)15(5)13-8)10(6-12)7-14(3)4/h10H,6-7,12H2,1-5H3. The molecule has 1 rings (SSSR count). The van der Waals surface area contributed by atoms with Gasteiger partial charge in [0.05, 0.1) is 5.69 Å². The molecule has 0 saturated heterocycles. The first kappa shape index (κ1) is 12.2. The summed E-state index contributed by atoms with van der Waals surface area (Å²) >= 11 is 0. The van der Waals surface area contributed by atoms with E-state index < -0.39 is 0 Å². The molecule has 1 heterocycles. The van der Waals surface area contributed by atoms with Crippen molar-refractivity contribution in [1.82, 2.24) is 14.7 Å². The fourth-order valence-corrected chi connectivity index (χ4v) is 2.11. The van der Waals surface area contributed by atoms with E-state index in [1.165, 1.54) is 11.3 Å². The van der Waals surface area contributed by atoms with Crippen LogP contribution in [0, 0.1) is 13.8 Å². The maximum Gasteiger partial charge on any atom is 0.0632 e. The Kier molecular flexibility index (Phi) is 3.88. The van der Waals surface area contributed by atoms with Gasteiger partial charge >= 0.3 is 0 Å².